The quantitative estimate of drug-likeness (QED) is 0.689. The molecule has 1 rings (SSSR count). The zero-order valence-corrected chi connectivity index (χ0v) is 8.85. The van der Waals surface area contributed by atoms with Crippen LogP contribution in [0.2, 0.25) is 0 Å². The number of nitrogens with zero attached hydrogens (tertiary/aromatic N) is 1. The van der Waals surface area contributed by atoms with Crippen LogP contribution in [0.4, 0.5) is 10.1 Å². The Morgan fingerprint density at radius 3 is 2.69 bits per heavy atom. The fourth-order valence-corrected chi connectivity index (χ4v) is 1.47. The van der Waals surface area contributed by atoms with Crippen molar-refractivity contribution in [1.82, 2.24) is 4.98 Å². The number of aromatic nitrogens is 1. The SMILES string of the molecule is CC(O)C(C)(C)Nc1ncc(N)s1. The van der Waals surface area contributed by atoms with E-state index in [0.717, 1.165) is 5.13 Å². The van der Waals surface area contributed by atoms with Crippen molar-refractivity contribution < 1.29 is 5.11 Å². The standard InChI is InChI=1S/C8H15N3OS/c1-5(12)8(2,3)11-7-10-4-6(9)13-7/h4-5,12H,9H2,1-3H3,(H,10,11). The summed E-state index contributed by atoms with van der Waals surface area (Å²) in [5.74, 6) is 0. The Kier molecular flexibility index (Phi) is 2.77. The Labute approximate surface area is 81.8 Å². The molecule has 0 fully saturated rings. The Morgan fingerprint density at radius 1 is 1.69 bits per heavy atom. The first-order chi connectivity index (χ1) is 5.92. The fourth-order valence-electron chi connectivity index (χ4n) is 0.724. The molecule has 4 N–H and O–H groups in total. The van der Waals surface area contributed by atoms with Crippen molar-refractivity contribution in [2.75, 3.05) is 11.1 Å². The summed E-state index contributed by atoms with van der Waals surface area (Å²) in [5, 5.41) is 14.0. The number of thiazole rings is 1. The second kappa shape index (κ2) is 3.51. The summed E-state index contributed by atoms with van der Waals surface area (Å²) >= 11 is 1.38. The van der Waals surface area contributed by atoms with Gasteiger partial charge in [-0.3, -0.25) is 0 Å². The van der Waals surface area contributed by atoms with Crippen molar-refractivity contribution in [3.8, 4) is 0 Å². The van der Waals surface area contributed by atoms with Crippen LogP contribution in [0.5, 0.6) is 0 Å². The van der Waals surface area contributed by atoms with Crippen LogP contribution < -0.4 is 11.1 Å². The number of hydrogen-bond acceptors (Lipinski definition) is 5. The van der Waals surface area contributed by atoms with Crippen LogP contribution in [0, 0.1) is 0 Å². The lowest BCUT2D eigenvalue weighted by Crippen LogP contribution is -2.41. The largest absolute Gasteiger partial charge is 0.391 e. The number of aliphatic hydroxyl groups excluding tert-OH is 1. The first-order valence-corrected chi connectivity index (χ1v) is 4.91. The Balaban J connectivity index is 2.68. The van der Waals surface area contributed by atoms with E-state index < -0.39 is 6.10 Å². The van der Waals surface area contributed by atoms with E-state index in [1.54, 1.807) is 13.1 Å². The zero-order chi connectivity index (χ0) is 10.1. The minimum absolute atomic E-state index is 0.385. The number of nitrogen functional groups attached to an aromatic ring is 1. The third-order valence-corrected chi connectivity index (χ3v) is 2.74. The van der Waals surface area contributed by atoms with Crippen LogP contribution in [0.3, 0.4) is 0 Å². The monoisotopic (exact) mass is 201 g/mol. The fraction of sp³-hybridized carbons (Fsp3) is 0.625. The van der Waals surface area contributed by atoms with Crippen molar-refractivity contribution in [2.45, 2.75) is 32.4 Å². The summed E-state index contributed by atoms with van der Waals surface area (Å²) in [6.45, 7) is 5.56. The molecule has 13 heavy (non-hydrogen) atoms. The van der Waals surface area contributed by atoms with Crippen molar-refractivity contribution in [2.24, 2.45) is 0 Å². The second-order valence-corrected chi connectivity index (χ2v) is 4.65. The molecule has 0 aromatic carbocycles. The smallest absolute Gasteiger partial charge is 0.185 e. The zero-order valence-electron chi connectivity index (χ0n) is 8.03. The van der Waals surface area contributed by atoms with Gasteiger partial charge in [0.1, 0.15) is 5.00 Å². The van der Waals surface area contributed by atoms with Gasteiger partial charge in [0.2, 0.25) is 0 Å². The molecule has 1 heterocycles. The van der Waals surface area contributed by atoms with Crippen LogP contribution in [0.1, 0.15) is 20.8 Å². The number of rotatable bonds is 3. The molecule has 0 radical (unpaired) electrons. The van der Waals surface area contributed by atoms with Crippen LogP contribution in [-0.4, -0.2) is 21.7 Å². The highest BCUT2D eigenvalue weighted by molar-refractivity contribution is 7.19. The van der Waals surface area contributed by atoms with Crippen molar-refractivity contribution in [1.29, 1.82) is 0 Å². The molecule has 1 atom stereocenters. The van der Waals surface area contributed by atoms with E-state index in [1.807, 2.05) is 13.8 Å². The van der Waals surface area contributed by atoms with Crippen LogP contribution >= 0.6 is 11.3 Å². The molecule has 1 aromatic heterocycles. The second-order valence-electron chi connectivity index (χ2n) is 3.59. The van der Waals surface area contributed by atoms with Crippen LogP contribution in [-0.2, 0) is 0 Å². The average molecular weight is 201 g/mol. The van der Waals surface area contributed by atoms with Gasteiger partial charge >= 0.3 is 0 Å². The molecule has 5 heteroatoms. The molecule has 0 aliphatic carbocycles. The molecular formula is C8H15N3OS. The van der Waals surface area contributed by atoms with Crippen molar-refractivity contribution >= 4 is 21.5 Å². The topological polar surface area (TPSA) is 71.2 Å². The van der Waals surface area contributed by atoms with Gasteiger partial charge in [-0.1, -0.05) is 11.3 Å². The molecular weight excluding hydrogens is 186 g/mol. The maximum Gasteiger partial charge on any atom is 0.185 e. The number of aliphatic hydroxyl groups is 1. The highest BCUT2D eigenvalue weighted by Gasteiger charge is 2.24. The summed E-state index contributed by atoms with van der Waals surface area (Å²) < 4.78 is 0. The van der Waals surface area contributed by atoms with Crippen LogP contribution in [0.15, 0.2) is 6.20 Å². The van der Waals surface area contributed by atoms with Crippen LogP contribution in [0.25, 0.3) is 0 Å². The molecule has 0 aliphatic heterocycles. The van der Waals surface area contributed by atoms with Crippen molar-refractivity contribution in [3.63, 3.8) is 0 Å². The van der Waals surface area contributed by atoms with Crippen molar-refractivity contribution in [3.05, 3.63) is 6.20 Å². The highest BCUT2D eigenvalue weighted by Crippen LogP contribution is 2.24. The third kappa shape index (κ3) is 2.57. The van der Waals surface area contributed by atoms with E-state index in [9.17, 15) is 5.11 Å². The number of nitrogens with one attached hydrogen (secondary N) is 1. The third-order valence-electron chi connectivity index (χ3n) is 2.00. The lowest BCUT2D eigenvalue weighted by Gasteiger charge is -2.28. The maximum atomic E-state index is 9.43. The molecule has 0 spiro atoms. The van der Waals surface area contributed by atoms with Gasteiger partial charge in [0, 0.05) is 0 Å². The molecule has 0 aliphatic rings. The van der Waals surface area contributed by atoms with Gasteiger partial charge in [-0.15, -0.1) is 0 Å². The summed E-state index contributed by atoms with van der Waals surface area (Å²) in [5.41, 5.74) is 5.14. The molecule has 0 saturated carbocycles. The summed E-state index contributed by atoms with van der Waals surface area (Å²) in [4.78, 5) is 4.05. The van der Waals surface area contributed by atoms with Gasteiger partial charge in [-0.25, -0.2) is 4.98 Å². The normalized spacial score (nSPS) is 14.2. The number of nitrogens with two attached hydrogens (primary N) is 1. The van der Waals surface area contributed by atoms with E-state index >= 15 is 0 Å². The predicted octanol–water partition coefficient (Wildman–Crippen LogP) is 1.30. The summed E-state index contributed by atoms with van der Waals surface area (Å²) in [6.07, 6.45) is 1.16. The molecule has 0 saturated heterocycles. The van der Waals surface area contributed by atoms with Gasteiger partial charge in [0.25, 0.3) is 0 Å². The Hall–Kier alpha value is -0.810. The predicted molar refractivity (Wildman–Crippen MR) is 55.9 cm³/mol. The van der Waals surface area contributed by atoms with E-state index in [1.165, 1.54) is 11.3 Å². The van der Waals surface area contributed by atoms with E-state index in [-0.39, 0.29) is 5.54 Å². The minimum Gasteiger partial charge on any atom is -0.391 e. The molecule has 4 nitrogen and oxygen atoms in total. The van der Waals surface area contributed by atoms with Gasteiger partial charge in [-0.2, -0.15) is 0 Å². The molecule has 1 unspecified atom stereocenters. The summed E-state index contributed by atoms with van der Waals surface area (Å²) in [6, 6.07) is 0. The van der Waals surface area contributed by atoms with E-state index in [4.69, 9.17) is 5.73 Å². The Bertz CT molecular complexity index is 283. The van der Waals surface area contributed by atoms with Gasteiger partial charge in [0.15, 0.2) is 5.13 Å². The first kappa shape index (κ1) is 10.3. The number of anilines is 2. The summed E-state index contributed by atoms with van der Waals surface area (Å²) in [7, 11) is 0. The average Bonchev–Trinajstić information content (AvgIpc) is 2.34. The highest BCUT2D eigenvalue weighted by atomic mass is 32.1. The molecule has 0 bridgehead atoms. The Morgan fingerprint density at radius 2 is 2.31 bits per heavy atom. The molecule has 0 amide bonds. The lowest BCUT2D eigenvalue weighted by atomic mass is 9.99. The van der Waals surface area contributed by atoms with E-state index in [2.05, 4.69) is 10.3 Å². The maximum absolute atomic E-state index is 9.43. The van der Waals surface area contributed by atoms with Gasteiger partial charge in [-0.05, 0) is 20.8 Å². The molecule has 74 valence electrons. The van der Waals surface area contributed by atoms with E-state index in [0.29, 0.717) is 5.00 Å². The van der Waals surface area contributed by atoms with Gasteiger partial charge in [0.05, 0.1) is 17.8 Å². The first-order valence-electron chi connectivity index (χ1n) is 4.09. The minimum atomic E-state index is -0.447. The lowest BCUT2D eigenvalue weighted by molar-refractivity contribution is 0.133. The molecule has 1 aromatic rings. The number of hydrogen-bond donors (Lipinski definition) is 3. The van der Waals surface area contributed by atoms with Gasteiger partial charge < -0.3 is 16.2 Å².